The molecule has 0 unspecified atom stereocenters. The van der Waals surface area contributed by atoms with Crippen molar-refractivity contribution < 1.29 is 18.4 Å². The third-order valence-electron chi connectivity index (χ3n) is 10.1. The van der Waals surface area contributed by atoms with Crippen LogP contribution >= 0.6 is 0 Å². The van der Waals surface area contributed by atoms with Crippen molar-refractivity contribution >= 4 is 11.8 Å². The average molecular weight is 546 g/mol. The van der Waals surface area contributed by atoms with Crippen molar-refractivity contribution in [3.63, 3.8) is 0 Å². The van der Waals surface area contributed by atoms with Gasteiger partial charge in [-0.15, -0.1) is 0 Å². The molecule has 1 aliphatic carbocycles. The SMILES string of the molecule is CCN(CC)C(=O)CC1(C2CCCCC2)CCN(C(=O)[C@@H]2CN(C(C)(C)C)C[C@H]2c2ccc(F)cc2F)CC1. The summed E-state index contributed by atoms with van der Waals surface area (Å²) in [6, 6.07) is 3.75. The Kier molecular flexibility index (Phi) is 9.40. The average Bonchev–Trinajstić information content (AvgIpc) is 3.36. The van der Waals surface area contributed by atoms with Gasteiger partial charge >= 0.3 is 0 Å². The summed E-state index contributed by atoms with van der Waals surface area (Å²) in [5.74, 6) is -1.00. The van der Waals surface area contributed by atoms with Crippen molar-refractivity contribution in [2.75, 3.05) is 39.3 Å². The van der Waals surface area contributed by atoms with E-state index in [2.05, 4.69) is 25.7 Å². The molecule has 5 nitrogen and oxygen atoms in total. The molecule has 2 heterocycles. The number of benzene rings is 1. The first-order chi connectivity index (χ1) is 18.5. The summed E-state index contributed by atoms with van der Waals surface area (Å²) < 4.78 is 28.6. The molecule has 2 saturated heterocycles. The van der Waals surface area contributed by atoms with Gasteiger partial charge in [-0.2, -0.15) is 0 Å². The number of hydrogen-bond donors (Lipinski definition) is 0. The highest BCUT2D eigenvalue weighted by molar-refractivity contribution is 5.81. The van der Waals surface area contributed by atoms with Crippen LogP contribution in [-0.4, -0.2) is 71.3 Å². The number of rotatable bonds is 7. The van der Waals surface area contributed by atoms with Gasteiger partial charge < -0.3 is 9.80 Å². The Morgan fingerprint density at radius 2 is 1.64 bits per heavy atom. The van der Waals surface area contributed by atoms with E-state index < -0.39 is 11.6 Å². The summed E-state index contributed by atoms with van der Waals surface area (Å²) in [6.45, 7) is 14.3. The number of halogens is 2. The van der Waals surface area contributed by atoms with E-state index in [9.17, 15) is 18.4 Å². The van der Waals surface area contributed by atoms with Gasteiger partial charge in [-0.25, -0.2) is 8.78 Å². The van der Waals surface area contributed by atoms with Gasteiger partial charge in [0.1, 0.15) is 11.6 Å². The zero-order valence-electron chi connectivity index (χ0n) is 24.8. The summed E-state index contributed by atoms with van der Waals surface area (Å²) in [5.41, 5.74) is 0.221. The summed E-state index contributed by atoms with van der Waals surface area (Å²) in [7, 11) is 0. The number of nitrogens with zero attached hydrogens (tertiary/aromatic N) is 3. The molecule has 1 aromatic rings. The molecule has 0 bridgehead atoms. The lowest BCUT2D eigenvalue weighted by Crippen LogP contribution is -2.51. The monoisotopic (exact) mass is 545 g/mol. The molecule has 218 valence electrons. The van der Waals surface area contributed by atoms with Crippen molar-refractivity contribution in [3.8, 4) is 0 Å². The van der Waals surface area contributed by atoms with Crippen LogP contribution in [0.25, 0.3) is 0 Å². The molecule has 0 N–H and O–H groups in total. The van der Waals surface area contributed by atoms with E-state index in [1.165, 1.54) is 44.2 Å². The number of amides is 2. The minimum absolute atomic E-state index is 0.0491. The van der Waals surface area contributed by atoms with Crippen LogP contribution in [0.4, 0.5) is 8.78 Å². The molecule has 2 aliphatic heterocycles. The van der Waals surface area contributed by atoms with Crippen LogP contribution in [0.3, 0.4) is 0 Å². The fourth-order valence-electron chi connectivity index (χ4n) is 7.56. The lowest BCUT2D eigenvalue weighted by Gasteiger charge is -2.48. The third kappa shape index (κ3) is 6.49. The van der Waals surface area contributed by atoms with Crippen molar-refractivity contribution in [1.82, 2.24) is 14.7 Å². The van der Waals surface area contributed by atoms with Crippen LogP contribution < -0.4 is 0 Å². The van der Waals surface area contributed by atoms with Crippen LogP contribution in [0.15, 0.2) is 18.2 Å². The Morgan fingerprint density at radius 1 is 1.00 bits per heavy atom. The van der Waals surface area contributed by atoms with E-state index >= 15 is 0 Å². The standard InChI is InChI=1S/C32H49F2N3O2/c1-6-35(7-2)29(38)20-32(23-11-9-8-10-12-23)15-17-36(18-16-32)30(39)27-22-37(31(3,4)5)21-26(27)25-14-13-24(33)19-28(25)34/h13-14,19,23,26-27H,6-12,15-18,20-22H2,1-5H3/t26-,27+/m0/s1. The van der Waals surface area contributed by atoms with Crippen LogP contribution in [-0.2, 0) is 9.59 Å². The van der Waals surface area contributed by atoms with Crippen molar-refractivity contribution in [2.24, 2.45) is 17.3 Å². The predicted octanol–water partition coefficient (Wildman–Crippen LogP) is 6.23. The summed E-state index contributed by atoms with van der Waals surface area (Å²) >= 11 is 0. The normalized spacial score (nSPS) is 24.6. The number of carbonyl (C=O) groups is 2. The van der Waals surface area contributed by atoms with Gasteiger partial charge in [-0.05, 0) is 83.3 Å². The predicted molar refractivity (Wildman–Crippen MR) is 151 cm³/mol. The maximum atomic E-state index is 14.9. The fourth-order valence-corrected chi connectivity index (χ4v) is 7.56. The Morgan fingerprint density at radius 3 is 2.21 bits per heavy atom. The number of hydrogen-bond acceptors (Lipinski definition) is 3. The van der Waals surface area contributed by atoms with Gasteiger partial charge in [-0.3, -0.25) is 14.5 Å². The molecule has 39 heavy (non-hydrogen) atoms. The largest absolute Gasteiger partial charge is 0.343 e. The van der Waals surface area contributed by atoms with Gasteiger partial charge in [-0.1, -0.05) is 25.3 Å². The molecule has 7 heteroatoms. The minimum Gasteiger partial charge on any atom is -0.343 e. The fraction of sp³-hybridized carbons (Fsp3) is 0.750. The molecule has 2 amide bonds. The molecule has 0 spiro atoms. The summed E-state index contributed by atoms with van der Waals surface area (Å²) in [5, 5.41) is 0. The van der Waals surface area contributed by atoms with Gasteiger partial charge in [0.05, 0.1) is 5.92 Å². The van der Waals surface area contributed by atoms with Gasteiger partial charge in [0.25, 0.3) is 0 Å². The highest BCUT2D eigenvalue weighted by Gasteiger charge is 2.48. The second-order valence-electron chi connectivity index (χ2n) is 13.2. The third-order valence-corrected chi connectivity index (χ3v) is 10.1. The molecular formula is C32H49F2N3O2. The van der Waals surface area contributed by atoms with Gasteiger partial charge in [0.15, 0.2) is 0 Å². The molecule has 0 aromatic heterocycles. The van der Waals surface area contributed by atoms with E-state index in [1.54, 1.807) is 0 Å². The molecule has 3 aliphatic rings. The summed E-state index contributed by atoms with van der Waals surface area (Å²) in [6.07, 6.45) is 8.35. The Hall–Kier alpha value is -2.02. The van der Waals surface area contributed by atoms with Crippen LogP contribution in [0.1, 0.15) is 97.5 Å². The first-order valence-corrected chi connectivity index (χ1v) is 15.3. The minimum atomic E-state index is -0.598. The Bertz CT molecular complexity index is 1010. The molecule has 1 saturated carbocycles. The summed E-state index contributed by atoms with van der Waals surface area (Å²) in [4.78, 5) is 33.6. The smallest absolute Gasteiger partial charge is 0.227 e. The maximum Gasteiger partial charge on any atom is 0.227 e. The second-order valence-corrected chi connectivity index (χ2v) is 13.2. The Labute approximate surface area is 234 Å². The quantitative estimate of drug-likeness (QED) is 0.408. The van der Waals surface area contributed by atoms with Crippen molar-refractivity contribution in [2.45, 2.75) is 97.4 Å². The zero-order chi connectivity index (χ0) is 28.4. The van der Waals surface area contributed by atoms with Crippen LogP contribution in [0.5, 0.6) is 0 Å². The van der Waals surface area contributed by atoms with Crippen molar-refractivity contribution in [1.29, 1.82) is 0 Å². The molecule has 1 aromatic carbocycles. The van der Waals surface area contributed by atoms with Crippen molar-refractivity contribution in [3.05, 3.63) is 35.4 Å². The number of likely N-dealkylation sites (tertiary alicyclic amines) is 2. The lowest BCUT2D eigenvalue weighted by atomic mass is 9.62. The molecule has 0 radical (unpaired) electrons. The van der Waals surface area contributed by atoms with Gasteiger partial charge in [0.2, 0.25) is 11.8 Å². The van der Waals surface area contributed by atoms with Crippen LogP contribution in [0, 0.1) is 28.9 Å². The topological polar surface area (TPSA) is 43.9 Å². The molecule has 2 atom stereocenters. The number of piperidine rings is 1. The molecular weight excluding hydrogens is 496 g/mol. The highest BCUT2D eigenvalue weighted by Crippen LogP contribution is 2.49. The maximum absolute atomic E-state index is 14.9. The van der Waals surface area contributed by atoms with E-state index in [4.69, 9.17) is 0 Å². The number of carbonyl (C=O) groups excluding carboxylic acids is 2. The zero-order valence-corrected chi connectivity index (χ0v) is 24.8. The van der Waals surface area contributed by atoms with E-state index in [1.807, 2.05) is 23.6 Å². The van der Waals surface area contributed by atoms with E-state index in [0.29, 0.717) is 44.1 Å². The lowest BCUT2D eigenvalue weighted by molar-refractivity contribution is -0.141. The second kappa shape index (κ2) is 12.2. The molecule has 3 fully saturated rings. The first kappa shape index (κ1) is 30.0. The van der Waals surface area contributed by atoms with E-state index in [-0.39, 0.29) is 34.6 Å². The van der Waals surface area contributed by atoms with Crippen LogP contribution in [0.2, 0.25) is 0 Å². The highest BCUT2D eigenvalue weighted by atomic mass is 19.1. The Balaban J connectivity index is 1.53. The van der Waals surface area contributed by atoms with Gasteiger partial charge in [0, 0.05) is 63.2 Å². The molecule has 4 rings (SSSR count). The van der Waals surface area contributed by atoms with E-state index in [0.717, 1.165) is 32.0 Å². The first-order valence-electron chi connectivity index (χ1n) is 15.3.